The van der Waals surface area contributed by atoms with E-state index < -0.39 is 0 Å². The fraction of sp³-hybridized carbons (Fsp3) is 0.625. The summed E-state index contributed by atoms with van der Waals surface area (Å²) in [6.07, 6.45) is 5.62. The number of anilines is 1. The van der Waals surface area contributed by atoms with Gasteiger partial charge in [0.2, 0.25) is 5.91 Å². The molecular weight excluding hydrogens is 264 g/mol. The summed E-state index contributed by atoms with van der Waals surface area (Å²) in [7, 11) is 2.12. The highest BCUT2D eigenvalue weighted by molar-refractivity contribution is 5.79. The molecule has 0 spiro atoms. The van der Waals surface area contributed by atoms with E-state index in [0.29, 0.717) is 5.91 Å². The summed E-state index contributed by atoms with van der Waals surface area (Å²) in [5.74, 6) is 0.579. The number of carbonyl (C=O) groups is 1. The largest absolute Gasteiger partial charge is 0.370 e. The minimum Gasteiger partial charge on any atom is -0.370 e. The number of pyridine rings is 1. The Morgan fingerprint density at radius 3 is 2.48 bits per heavy atom. The zero-order valence-corrected chi connectivity index (χ0v) is 12.7. The van der Waals surface area contributed by atoms with Gasteiger partial charge in [-0.25, -0.2) is 0 Å². The summed E-state index contributed by atoms with van der Waals surface area (Å²) < 4.78 is 0. The maximum Gasteiger partial charge on any atom is 0.225 e. The minimum atomic E-state index is 0.210. The Bertz CT molecular complexity index is 462. The van der Waals surface area contributed by atoms with Gasteiger partial charge in [-0.15, -0.1) is 0 Å². The van der Waals surface area contributed by atoms with Gasteiger partial charge in [0.25, 0.3) is 0 Å². The van der Waals surface area contributed by atoms with E-state index in [4.69, 9.17) is 0 Å². The smallest absolute Gasteiger partial charge is 0.225 e. The second-order valence-corrected chi connectivity index (χ2v) is 6.10. The van der Waals surface area contributed by atoms with Crippen molar-refractivity contribution in [3.63, 3.8) is 0 Å². The van der Waals surface area contributed by atoms with E-state index in [1.807, 2.05) is 12.3 Å². The van der Waals surface area contributed by atoms with Crippen molar-refractivity contribution < 1.29 is 4.79 Å². The molecular formula is C16H24N4O. The summed E-state index contributed by atoms with van der Waals surface area (Å²) in [4.78, 5) is 23.4. The van der Waals surface area contributed by atoms with Gasteiger partial charge in [0.1, 0.15) is 0 Å². The van der Waals surface area contributed by atoms with Gasteiger partial charge >= 0.3 is 0 Å². The highest BCUT2D eigenvalue weighted by Crippen LogP contribution is 2.24. The van der Waals surface area contributed by atoms with Crippen LogP contribution in [0.5, 0.6) is 0 Å². The minimum absolute atomic E-state index is 0.210. The van der Waals surface area contributed by atoms with E-state index in [-0.39, 0.29) is 5.92 Å². The van der Waals surface area contributed by atoms with E-state index in [2.05, 4.69) is 32.8 Å². The highest BCUT2D eigenvalue weighted by Gasteiger charge is 2.29. The van der Waals surface area contributed by atoms with Gasteiger partial charge in [0.05, 0.1) is 11.9 Å². The van der Waals surface area contributed by atoms with Crippen molar-refractivity contribution >= 4 is 11.6 Å². The van der Waals surface area contributed by atoms with Crippen molar-refractivity contribution in [1.29, 1.82) is 0 Å². The number of amides is 1. The van der Waals surface area contributed by atoms with Crippen molar-refractivity contribution in [1.82, 2.24) is 14.8 Å². The SMILES string of the molecule is CN1CCN(C(=O)C2CCN(c3cccnc3)CC2)CC1. The zero-order valence-electron chi connectivity index (χ0n) is 12.7. The van der Waals surface area contributed by atoms with Crippen LogP contribution >= 0.6 is 0 Å². The van der Waals surface area contributed by atoms with E-state index in [0.717, 1.165) is 52.1 Å². The van der Waals surface area contributed by atoms with Gasteiger partial charge in [0, 0.05) is 51.4 Å². The third kappa shape index (κ3) is 3.35. The number of hydrogen-bond acceptors (Lipinski definition) is 4. The predicted molar refractivity (Wildman–Crippen MR) is 83.3 cm³/mol. The Hall–Kier alpha value is -1.62. The molecule has 1 aromatic rings. The molecule has 0 saturated carbocycles. The number of hydrogen-bond donors (Lipinski definition) is 0. The summed E-state index contributed by atoms with van der Waals surface area (Å²) in [6, 6.07) is 4.06. The molecule has 0 atom stereocenters. The van der Waals surface area contributed by atoms with Crippen molar-refractivity contribution in [2.45, 2.75) is 12.8 Å². The number of piperazine rings is 1. The Balaban J connectivity index is 1.52. The molecule has 3 heterocycles. The van der Waals surface area contributed by atoms with Crippen LogP contribution < -0.4 is 4.90 Å². The quantitative estimate of drug-likeness (QED) is 0.816. The molecule has 1 aromatic heterocycles. The lowest BCUT2D eigenvalue weighted by atomic mass is 9.94. The van der Waals surface area contributed by atoms with Gasteiger partial charge in [-0.3, -0.25) is 9.78 Å². The summed E-state index contributed by atoms with van der Waals surface area (Å²) in [6.45, 7) is 5.68. The first-order valence-corrected chi connectivity index (χ1v) is 7.86. The molecule has 2 saturated heterocycles. The lowest BCUT2D eigenvalue weighted by molar-refractivity contribution is -0.137. The highest BCUT2D eigenvalue weighted by atomic mass is 16.2. The number of likely N-dealkylation sites (N-methyl/N-ethyl adjacent to an activating group) is 1. The van der Waals surface area contributed by atoms with E-state index in [1.165, 1.54) is 5.69 Å². The molecule has 21 heavy (non-hydrogen) atoms. The Morgan fingerprint density at radius 1 is 1.14 bits per heavy atom. The Kier molecular flexibility index (Phi) is 4.39. The van der Waals surface area contributed by atoms with Crippen LogP contribution in [0.15, 0.2) is 24.5 Å². The normalized spacial score (nSPS) is 21.6. The molecule has 0 bridgehead atoms. The topological polar surface area (TPSA) is 39.7 Å². The van der Waals surface area contributed by atoms with Crippen LogP contribution in [0.25, 0.3) is 0 Å². The van der Waals surface area contributed by atoms with Gasteiger partial charge in [-0.05, 0) is 32.0 Å². The predicted octanol–water partition coefficient (Wildman–Crippen LogP) is 1.07. The molecule has 0 aromatic carbocycles. The van der Waals surface area contributed by atoms with Crippen molar-refractivity contribution in [2.75, 3.05) is 51.2 Å². The van der Waals surface area contributed by atoms with Crippen molar-refractivity contribution in [3.8, 4) is 0 Å². The molecule has 0 N–H and O–H groups in total. The molecule has 114 valence electrons. The van der Waals surface area contributed by atoms with E-state index in [1.54, 1.807) is 6.20 Å². The molecule has 2 fully saturated rings. The summed E-state index contributed by atoms with van der Waals surface area (Å²) in [5.41, 5.74) is 1.17. The number of aromatic nitrogens is 1. The molecule has 2 aliphatic rings. The Morgan fingerprint density at radius 2 is 1.86 bits per heavy atom. The fourth-order valence-corrected chi connectivity index (χ4v) is 3.21. The molecule has 5 nitrogen and oxygen atoms in total. The maximum absolute atomic E-state index is 12.6. The van der Waals surface area contributed by atoms with Crippen LogP contribution in [0.1, 0.15) is 12.8 Å². The van der Waals surface area contributed by atoms with Crippen LogP contribution in [0, 0.1) is 5.92 Å². The lowest BCUT2D eigenvalue weighted by Gasteiger charge is -2.38. The third-order valence-electron chi connectivity index (χ3n) is 4.67. The monoisotopic (exact) mass is 288 g/mol. The molecule has 1 amide bonds. The zero-order chi connectivity index (χ0) is 14.7. The molecule has 3 rings (SSSR count). The van der Waals surface area contributed by atoms with Crippen LogP contribution in [0.2, 0.25) is 0 Å². The van der Waals surface area contributed by atoms with Crippen LogP contribution in [0.4, 0.5) is 5.69 Å². The first kappa shape index (κ1) is 14.3. The number of rotatable bonds is 2. The van der Waals surface area contributed by atoms with Crippen LogP contribution in [0.3, 0.4) is 0 Å². The van der Waals surface area contributed by atoms with E-state index >= 15 is 0 Å². The third-order valence-corrected chi connectivity index (χ3v) is 4.67. The summed E-state index contributed by atoms with van der Waals surface area (Å²) >= 11 is 0. The average Bonchev–Trinajstić information content (AvgIpc) is 2.56. The number of carbonyl (C=O) groups excluding carboxylic acids is 1. The van der Waals surface area contributed by atoms with Crippen LogP contribution in [-0.2, 0) is 4.79 Å². The molecule has 5 heteroatoms. The number of nitrogens with zero attached hydrogens (tertiary/aromatic N) is 4. The van der Waals surface area contributed by atoms with E-state index in [9.17, 15) is 4.79 Å². The summed E-state index contributed by atoms with van der Waals surface area (Å²) in [5, 5.41) is 0. The molecule has 0 radical (unpaired) electrons. The molecule has 0 unspecified atom stereocenters. The lowest BCUT2D eigenvalue weighted by Crippen LogP contribution is -2.50. The van der Waals surface area contributed by atoms with Crippen molar-refractivity contribution in [2.24, 2.45) is 5.92 Å². The van der Waals surface area contributed by atoms with Crippen LogP contribution in [-0.4, -0.2) is 67.0 Å². The van der Waals surface area contributed by atoms with Gasteiger partial charge in [-0.2, -0.15) is 0 Å². The first-order chi connectivity index (χ1) is 10.2. The van der Waals surface area contributed by atoms with Gasteiger partial charge < -0.3 is 14.7 Å². The maximum atomic E-state index is 12.6. The first-order valence-electron chi connectivity index (χ1n) is 7.86. The molecule has 0 aliphatic carbocycles. The standard InChI is InChI=1S/C16H24N4O/c1-18-9-11-20(12-10-18)16(21)14-4-7-19(8-5-14)15-3-2-6-17-13-15/h2-3,6,13-14H,4-5,7-12H2,1H3. The second kappa shape index (κ2) is 6.43. The Labute approximate surface area is 126 Å². The second-order valence-electron chi connectivity index (χ2n) is 6.10. The average molecular weight is 288 g/mol. The van der Waals surface area contributed by atoms with Crippen molar-refractivity contribution in [3.05, 3.63) is 24.5 Å². The fourth-order valence-electron chi connectivity index (χ4n) is 3.21. The number of piperidine rings is 1. The molecule has 2 aliphatic heterocycles. The van der Waals surface area contributed by atoms with Gasteiger partial charge in [-0.1, -0.05) is 0 Å². The van der Waals surface area contributed by atoms with Gasteiger partial charge in [0.15, 0.2) is 0 Å².